The number of alkyl halides is 1. The van der Waals surface area contributed by atoms with Crippen molar-refractivity contribution in [1.29, 1.82) is 5.41 Å². The second kappa shape index (κ2) is 12.5. The second-order valence-electron chi connectivity index (χ2n) is 12.3. The summed E-state index contributed by atoms with van der Waals surface area (Å²) < 4.78 is 20.6. The molecule has 2 aliphatic heterocycles. The molecule has 1 aliphatic carbocycles. The highest BCUT2D eigenvalue weighted by Crippen LogP contribution is 2.42. The minimum absolute atomic E-state index is 0. The lowest BCUT2D eigenvalue weighted by molar-refractivity contribution is -0.137. The summed E-state index contributed by atoms with van der Waals surface area (Å²) in [6.07, 6.45) is 2.92. The van der Waals surface area contributed by atoms with Crippen LogP contribution >= 0.6 is 17.0 Å². The van der Waals surface area contributed by atoms with Gasteiger partial charge in [0, 0.05) is 54.4 Å². The molecule has 3 heterocycles. The number of unbranched alkanes of at least 4 members (excludes halogenated alkanes) is 1. The van der Waals surface area contributed by atoms with Crippen molar-refractivity contribution in [2.45, 2.75) is 83.3 Å². The minimum atomic E-state index is -0.947. The zero-order valence-electron chi connectivity index (χ0n) is 24.0. The van der Waals surface area contributed by atoms with E-state index in [-0.39, 0.29) is 53.5 Å². The summed E-state index contributed by atoms with van der Waals surface area (Å²) in [6.45, 7) is 7.78. The summed E-state index contributed by atoms with van der Waals surface area (Å²) in [5, 5.41) is 17.7. The third kappa shape index (κ3) is 7.08. The Morgan fingerprint density at radius 3 is 2.56 bits per heavy atom. The molecule has 0 radical (unpaired) electrons. The van der Waals surface area contributed by atoms with Gasteiger partial charge in [-0.2, -0.15) is 0 Å². The Hall–Kier alpha value is -3.01. The Labute approximate surface area is 251 Å². The van der Waals surface area contributed by atoms with Crippen molar-refractivity contribution in [3.63, 3.8) is 0 Å². The lowest BCUT2D eigenvalue weighted by Crippen LogP contribution is -2.31. The molecule has 0 bridgehead atoms. The molecule has 1 saturated carbocycles. The van der Waals surface area contributed by atoms with Crippen LogP contribution in [0.1, 0.15) is 98.1 Å². The number of rotatable bonds is 11. The van der Waals surface area contributed by atoms with Gasteiger partial charge in [0.25, 0.3) is 0 Å². The molecular weight excluding hydrogens is 591 g/mol. The number of hydrogen-bond donors (Lipinski definition) is 2. The van der Waals surface area contributed by atoms with Crippen LogP contribution in [-0.2, 0) is 16.8 Å². The Kier molecular flexibility index (Phi) is 9.41. The minimum Gasteiger partial charge on any atom is -0.491 e. The number of benzene rings is 1. The van der Waals surface area contributed by atoms with Crippen molar-refractivity contribution in [3.8, 4) is 5.75 Å². The number of nitrogens with zero attached hydrogens (tertiary/aromatic N) is 3. The van der Waals surface area contributed by atoms with E-state index in [4.69, 9.17) is 20.2 Å². The average Bonchev–Trinajstić information content (AvgIpc) is 3.59. The van der Waals surface area contributed by atoms with E-state index in [1.54, 1.807) is 11.0 Å². The molecule has 1 atom stereocenters. The van der Waals surface area contributed by atoms with Gasteiger partial charge in [-0.05, 0) is 55.7 Å². The molecule has 8 nitrogen and oxygen atoms in total. The summed E-state index contributed by atoms with van der Waals surface area (Å²) >= 11 is 0. The number of hydrogen-bond acceptors (Lipinski definition) is 6. The molecule has 5 rings (SSSR count). The van der Waals surface area contributed by atoms with Crippen LogP contribution in [0.25, 0.3) is 0 Å². The van der Waals surface area contributed by atoms with Crippen LogP contribution in [-0.4, -0.2) is 65.0 Å². The number of fused-ring (bicyclic) bond motifs is 1. The van der Waals surface area contributed by atoms with Gasteiger partial charge in [0.15, 0.2) is 5.78 Å². The Bertz CT molecular complexity index is 1320. The summed E-state index contributed by atoms with van der Waals surface area (Å²) in [6, 6.07) is 7.76. The third-order valence-corrected chi connectivity index (χ3v) is 7.93. The van der Waals surface area contributed by atoms with Crippen molar-refractivity contribution in [1.82, 2.24) is 9.88 Å². The van der Waals surface area contributed by atoms with Gasteiger partial charge in [-0.1, -0.05) is 26.8 Å². The van der Waals surface area contributed by atoms with Crippen LogP contribution in [0.5, 0.6) is 5.75 Å². The van der Waals surface area contributed by atoms with E-state index < -0.39 is 12.1 Å². The Morgan fingerprint density at radius 1 is 1.17 bits per heavy atom. The zero-order valence-corrected chi connectivity index (χ0v) is 25.8. The number of aliphatic carboxylic acids is 1. The van der Waals surface area contributed by atoms with Crippen molar-refractivity contribution >= 4 is 40.3 Å². The van der Waals surface area contributed by atoms with Gasteiger partial charge in [-0.15, -0.1) is 17.0 Å². The highest BCUT2D eigenvalue weighted by Gasteiger charge is 2.33. The normalized spacial score (nSPS) is 18.3. The van der Waals surface area contributed by atoms with Crippen LogP contribution < -0.4 is 9.64 Å². The topological polar surface area (TPSA) is 107 Å². The lowest BCUT2D eigenvalue weighted by Gasteiger charge is -2.30. The molecule has 10 heteroatoms. The summed E-state index contributed by atoms with van der Waals surface area (Å²) in [4.78, 5) is 33.1. The van der Waals surface area contributed by atoms with Crippen LogP contribution in [0.2, 0.25) is 0 Å². The number of Topliss-reactive ketones (excluding diaryl/α,β-unsaturated/α-hetero) is 1. The largest absolute Gasteiger partial charge is 0.491 e. The first kappa shape index (κ1) is 30.9. The fourth-order valence-corrected chi connectivity index (χ4v) is 5.48. The molecule has 2 N–H and O–H groups in total. The monoisotopic (exact) mass is 630 g/mol. The molecule has 1 aromatic heterocycles. The van der Waals surface area contributed by atoms with Gasteiger partial charge in [0.1, 0.15) is 23.5 Å². The molecule has 222 valence electrons. The number of halogens is 2. The summed E-state index contributed by atoms with van der Waals surface area (Å²) in [5.74, 6) is 0.458. The van der Waals surface area contributed by atoms with E-state index in [2.05, 4.69) is 20.8 Å². The first-order valence-corrected chi connectivity index (χ1v) is 14.3. The van der Waals surface area contributed by atoms with E-state index in [1.165, 1.54) is 0 Å². The maximum atomic E-state index is 14.3. The fraction of sp³-hybridized carbons (Fsp3) is 0.548. The van der Waals surface area contributed by atoms with E-state index in [0.29, 0.717) is 67.6 Å². The highest BCUT2D eigenvalue weighted by atomic mass is 79.9. The molecule has 0 spiro atoms. The summed E-state index contributed by atoms with van der Waals surface area (Å²) in [7, 11) is 0. The maximum absolute atomic E-state index is 14.3. The van der Waals surface area contributed by atoms with Crippen molar-refractivity contribution < 1.29 is 23.8 Å². The number of amidine groups is 1. The number of aromatic nitrogens is 1. The smallest absolute Gasteiger partial charge is 0.303 e. The number of ether oxygens (including phenoxy) is 1. The predicted molar refractivity (Wildman–Crippen MR) is 162 cm³/mol. The standard InChI is InChI=1S/C31H39FN4O4.BrH/c1-31(2,3)23-14-21(15-25(35-12-11-22(32)17-35)29(23)40-13-5-4-6-27(38)39)26(37)18-36-16-20-9-10-24(19-7-8-19)34-28(20)30(36)33;/h9-10,14-15,19,22,33H,4-8,11-13,16-18H2,1-3H3,(H,38,39);1H. The fourth-order valence-electron chi connectivity index (χ4n) is 5.48. The van der Waals surface area contributed by atoms with Crippen LogP contribution in [0, 0.1) is 5.41 Å². The van der Waals surface area contributed by atoms with Gasteiger partial charge >= 0.3 is 5.97 Å². The van der Waals surface area contributed by atoms with Gasteiger partial charge in [0.05, 0.1) is 18.8 Å². The van der Waals surface area contributed by atoms with Crippen molar-refractivity contribution in [3.05, 3.63) is 52.3 Å². The molecule has 0 amide bonds. The van der Waals surface area contributed by atoms with Crippen LogP contribution in [0.15, 0.2) is 24.3 Å². The molecule has 41 heavy (non-hydrogen) atoms. The number of carbonyl (C=O) groups excluding carboxylic acids is 1. The van der Waals surface area contributed by atoms with E-state index in [9.17, 15) is 14.0 Å². The number of anilines is 1. The van der Waals surface area contributed by atoms with E-state index in [0.717, 1.165) is 29.7 Å². The first-order chi connectivity index (χ1) is 19.0. The lowest BCUT2D eigenvalue weighted by atomic mass is 9.84. The first-order valence-electron chi connectivity index (χ1n) is 14.3. The van der Waals surface area contributed by atoms with Crippen LogP contribution in [0.4, 0.5) is 10.1 Å². The third-order valence-electron chi connectivity index (χ3n) is 7.93. The number of carboxylic acid groups (broad SMARTS) is 1. The van der Waals surface area contributed by atoms with E-state index >= 15 is 0 Å². The quantitative estimate of drug-likeness (QED) is 0.230. The van der Waals surface area contributed by atoms with Gasteiger partial charge in [-0.3, -0.25) is 15.0 Å². The van der Waals surface area contributed by atoms with Crippen molar-refractivity contribution in [2.75, 3.05) is 31.1 Å². The SMILES string of the molecule is Br.CC(C)(C)c1cc(C(=O)CN2Cc3ccc(C4CC4)nc3C2=N)cc(N2CCC(F)C2)c1OCCCCC(=O)O. The molecule has 1 aromatic carbocycles. The highest BCUT2D eigenvalue weighted by molar-refractivity contribution is 8.93. The average molecular weight is 632 g/mol. The molecule has 1 saturated heterocycles. The number of pyridine rings is 1. The number of carboxylic acids is 1. The Morgan fingerprint density at radius 2 is 1.93 bits per heavy atom. The summed E-state index contributed by atoms with van der Waals surface area (Å²) in [5.41, 5.74) is 4.37. The molecular formula is C31H40BrFN4O4. The van der Waals surface area contributed by atoms with E-state index in [1.807, 2.05) is 23.1 Å². The molecule has 3 aliphatic rings. The Balaban J connectivity index is 0.00000387. The molecule has 2 fully saturated rings. The number of nitrogens with one attached hydrogen (secondary N) is 1. The zero-order chi connectivity index (χ0) is 28.6. The molecule has 1 unspecified atom stereocenters. The van der Waals surface area contributed by atoms with Gasteiger partial charge in [0.2, 0.25) is 0 Å². The number of ketones is 1. The second-order valence-corrected chi connectivity index (χ2v) is 12.3. The molecule has 2 aromatic rings. The van der Waals surface area contributed by atoms with Gasteiger partial charge < -0.3 is 19.6 Å². The maximum Gasteiger partial charge on any atom is 0.303 e. The number of carbonyl (C=O) groups is 2. The van der Waals surface area contributed by atoms with Gasteiger partial charge in [-0.25, -0.2) is 9.37 Å². The van der Waals surface area contributed by atoms with Crippen molar-refractivity contribution in [2.24, 2.45) is 0 Å². The predicted octanol–water partition coefficient (Wildman–Crippen LogP) is 6.04. The van der Waals surface area contributed by atoms with Crippen LogP contribution in [0.3, 0.4) is 0 Å².